The van der Waals surface area contributed by atoms with Gasteiger partial charge >= 0.3 is 11.9 Å². The second-order valence-electron chi connectivity index (χ2n) is 3.49. The third-order valence-corrected chi connectivity index (χ3v) is 2.59. The van der Waals surface area contributed by atoms with Crippen molar-refractivity contribution in [3.05, 3.63) is 46.6 Å². The highest BCUT2D eigenvalue weighted by Crippen LogP contribution is 2.18. The molecule has 94 valence electrons. The topological polar surface area (TPSA) is 65.2 Å². The Morgan fingerprint density at radius 1 is 1.39 bits per heavy atom. The zero-order chi connectivity index (χ0) is 13.0. The van der Waals surface area contributed by atoms with E-state index in [0.717, 1.165) is 5.56 Å². The van der Waals surface area contributed by atoms with Gasteiger partial charge in [0.25, 0.3) is 0 Å². The largest absolute Gasteiger partial charge is 0.459 e. The number of benzene rings is 1. The molecule has 0 radical (unpaired) electrons. The SMILES string of the molecule is CCOC(=O)c1nnc(Cc2ccccc2Cl)o1. The Morgan fingerprint density at radius 3 is 2.89 bits per heavy atom. The average Bonchev–Trinajstić information content (AvgIpc) is 2.81. The molecule has 0 saturated carbocycles. The molecule has 0 fully saturated rings. The Hall–Kier alpha value is -1.88. The van der Waals surface area contributed by atoms with Crippen LogP contribution in [0, 0.1) is 0 Å². The smallest absolute Gasteiger partial charge is 0.396 e. The number of hydrogen-bond acceptors (Lipinski definition) is 5. The van der Waals surface area contributed by atoms with Crippen LogP contribution in [-0.2, 0) is 11.2 Å². The molecule has 0 unspecified atom stereocenters. The van der Waals surface area contributed by atoms with Crippen LogP contribution in [0.3, 0.4) is 0 Å². The fourth-order valence-electron chi connectivity index (χ4n) is 1.41. The molecule has 1 aromatic heterocycles. The van der Waals surface area contributed by atoms with Crippen LogP contribution in [0.4, 0.5) is 0 Å². The molecule has 0 amide bonds. The molecule has 2 rings (SSSR count). The van der Waals surface area contributed by atoms with E-state index >= 15 is 0 Å². The highest BCUT2D eigenvalue weighted by Gasteiger charge is 2.16. The summed E-state index contributed by atoms with van der Waals surface area (Å²) in [7, 11) is 0. The van der Waals surface area contributed by atoms with Crippen LogP contribution in [0.1, 0.15) is 29.1 Å². The van der Waals surface area contributed by atoms with Gasteiger partial charge in [0.2, 0.25) is 5.89 Å². The van der Waals surface area contributed by atoms with E-state index in [2.05, 4.69) is 10.2 Å². The molecule has 1 heterocycles. The van der Waals surface area contributed by atoms with Crippen molar-refractivity contribution in [2.75, 3.05) is 6.61 Å². The molecule has 0 atom stereocenters. The molecule has 0 aliphatic carbocycles. The van der Waals surface area contributed by atoms with Crippen LogP contribution in [0.25, 0.3) is 0 Å². The maximum absolute atomic E-state index is 11.3. The molecule has 0 spiro atoms. The van der Waals surface area contributed by atoms with Gasteiger partial charge in [-0.3, -0.25) is 0 Å². The van der Waals surface area contributed by atoms with Gasteiger partial charge in [-0.1, -0.05) is 29.8 Å². The van der Waals surface area contributed by atoms with Crippen molar-refractivity contribution in [2.24, 2.45) is 0 Å². The van der Waals surface area contributed by atoms with E-state index < -0.39 is 5.97 Å². The molecule has 5 nitrogen and oxygen atoms in total. The maximum Gasteiger partial charge on any atom is 0.396 e. The molecule has 0 saturated heterocycles. The summed E-state index contributed by atoms with van der Waals surface area (Å²) in [6.07, 6.45) is 0.381. The lowest BCUT2D eigenvalue weighted by Crippen LogP contribution is -2.04. The van der Waals surface area contributed by atoms with Crippen LogP contribution < -0.4 is 0 Å². The fourth-order valence-corrected chi connectivity index (χ4v) is 1.61. The number of halogens is 1. The number of ether oxygens (including phenoxy) is 1. The van der Waals surface area contributed by atoms with Crippen molar-refractivity contribution in [2.45, 2.75) is 13.3 Å². The Labute approximate surface area is 109 Å². The Balaban J connectivity index is 2.12. The van der Waals surface area contributed by atoms with Crippen molar-refractivity contribution in [1.82, 2.24) is 10.2 Å². The van der Waals surface area contributed by atoms with Crippen LogP contribution in [0.5, 0.6) is 0 Å². The fraction of sp³-hybridized carbons (Fsp3) is 0.250. The van der Waals surface area contributed by atoms with E-state index in [1.165, 1.54) is 0 Å². The van der Waals surface area contributed by atoms with Crippen molar-refractivity contribution >= 4 is 17.6 Å². The number of rotatable bonds is 4. The van der Waals surface area contributed by atoms with Crippen LogP contribution in [0.15, 0.2) is 28.7 Å². The van der Waals surface area contributed by atoms with Gasteiger partial charge in [0.1, 0.15) is 0 Å². The molecule has 2 aromatic rings. The highest BCUT2D eigenvalue weighted by atomic mass is 35.5. The summed E-state index contributed by atoms with van der Waals surface area (Å²) in [6.45, 7) is 1.97. The first-order chi connectivity index (χ1) is 8.70. The summed E-state index contributed by atoms with van der Waals surface area (Å²) in [6, 6.07) is 7.34. The predicted molar refractivity (Wildman–Crippen MR) is 64.5 cm³/mol. The average molecular weight is 267 g/mol. The molecule has 6 heteroatoms. The third kappa shape index (κ3) is 2.87. The summed E-state index contributed by atoms with van der Waals surface area (Å²) in [5.41, 5.74) is 0.859. The molecule has 0 N–H and O–H groups in total. The first kappa shape index (κ1) is 12.6. The summed E-state index contributed by atoms with van der Waals surface area (Å²) in [4.78, 5) is 11.3. The van der Waals surface area contributed by atoms with E-state index in [9.17, 15) is 4.79 Å². The van der Waals surface area contributed by atoms with Gasteiger partial charge in [-0.05, 0) is 18.6 Å². The molecule has 0 aliphatic rings. The van der Waals surface area contributed by atoms with Crippen LogP contribution in [-0.4, -0.2) is 22.8 Å². The van der Waals surface area contributed by atoms with Crippen molar-refractivity contribution in [1.29, 1.82) is 0 Å². The normalized spacial score (nSPS) is 10.3. The van der Waals surface area contributed by atoms with E-state index in [1.54, 1.807) is 13.0 Å². The van der Waals surface area contributed by atoms with Gasteiger partial charge < -0.3 is 9.15 Å². The lowest BCUT2D eigenvalue weighted by molar-refractivity contribution is 0.0479. The van der Waals surface area contributed by atoms with Gasteiger partial charge in [-0.2, -0.15) is 0 Å². The first-order valence-electron chi connectivity index (χ1n) is 5.43. The Morgan fingerprint density at radius 2 is 2.17 bits per heavy atom. The number of carbonyl (C=O) groups is 1. The summed E-state index contributed by atoms with van der Waals surface area (Å²) in [5, 5.41) is 8.02. The van der Waals surface area contributed by atoms with E-state index in [0.29, 0.717) is 17.3 Å². The summed E-state index contributed by atoms with van der Waals surface area (Å²) < 4.78 is 9.96. The number of esters is 1. The van der Waals surface area contributed by atoms with Crippen molar-refractivity contribution < 1.29 is 13.9 Å². The quantitative estimate of drug-likeness (QED) is 0.796. The third-order valence-electron chi connectivity index (χ3n) is 2.22. The second-order valence-corrected chi connectivity index (χ2v) is 3.90. The molecule has 0 bridgehead atoms. The number of carbonyl (C=O) groups excluding carboxylic acids is 1. The molecule has 18 heavy (non-hydrogen) atoms. The van der Waals surface area contributed by atoms with Gasteiger partial charge in [0.15, 0.2) is 0 Å². The Bertz CT molecular complexity index is 554. The molecule has 1 aromatic carbocycles. The summed E-state index contributed by atoms with van der Waals surface area (Å²) in [5.74, 6) is -0.430. The number of hydrogen-bond donors (Lipinski definition) is 0. The van der Waals surface area contributed by atoms with Gasteiger partial charge in [0.05, 0.1) is 13.0 Å². The lowest BCUT2D eigenvalue weighted by Gasteiger charge is -1.99. The zero-order valence-corrected chi connectivity index (χ0v) is 10.5. The number of nitrogens with zero attached hydrogens (tertiary/aromatic N) is 2. The minimum Gasteiger partial charge on any atom is -0.459 e. The van der Waals surface area contributed by atoms with E-state index in [-0.39, 0.29) is 12.5 Å². The zero-order valence-electron chi connectivity index (χ0n) is 9.72. The van der Waals surface area contributed by atoms with Gasteiger partial charge in [-0.15, -0.1) is 10.2 Å². The van der Waals surface area contributed by atoms with E-state index in [1.807, 2.05) is 18.2 Å². The monoisotopic (exact) mass is 266 g/mol. The lowest BCUT2D eigenvalue weighted by atomic mass is 10.1. The second kappa shape index (κ2) is 5.64. The molecular weight excluding hydrogens is 256 g/mol. The standard InChI is InChI=1S/C12H11ClN2O3/c1-2-17-12(16)11-15-14-10(18-11)7-8-5-3-4-6-9(8)13/h3-6H,2,7H2,1H3. The van der Waals surface area contributed by atoms with Crippen molar-refractivity contribution in [3.8, 4) is 0 Å². The van der Waals surface area contributed by atoms with Gasteiger partial charge in [0, 0.05) is 5.02 Å². The minimum atomic E-state index is -0.615. The highest BCUT2D eigenvalue weighted by molar-refractivity contribution is 6.31. The van der Waals surface area contributed by atoms with Crippen molar-refractivity contribution in [3.63, 3.8) is 0 Å². The van der Waals surface area contributed by atoms with Gasteiger partial charge in [-0.25, -0.2) is 4.79 Å². The maximum atomic E-state index is 11.3. The van der Waals surface area contributed by atoms with E-state index in [4.69, 9.17) is 20.8 Å². The van der Waals surface area contributed by atoms with Crippen LogP contribution in [0.2, 0.25) is 5.02 Å². The van der Waals surface area contributed by atoms with Crippen LogP contribution >= 0.6 is 11.6 Å². The summed E-state index contributed by atoms with van der Waals surface area (Å²) >= 11 is 6.01. The number of aromatic nitrogens is 2. The molecule has 0 aliphatic heterocycles. The minimum absolute atomic E-state index is 0.140. The molecular formula is C12H11ClN2O3. The first-order valence-corrected chi connectivity index (χ1v) is 5.81. The Kier molecular flexibility index (Phi) is 3.94. The predicted octanol–water partition coefficient (Wildman–Crippen LogP) is 2.49.